The highest BCUT2D eigenvalue weighted by Gasteiger charge is 2.44. The molecule has 2 aromatic rings. The van der Waals surface area contributed by atoms with Crippen LogP contribution in [0.5, 0.6) is 0 Å². The van der Waals surface area contributed by atoms with E-state index in [4.69, 9.17) is 9.47 Å². The summed E-state index contributed by atoms with van der Waals surface area (Å²) in [4.78, 5) is 45.0. The van der Waals surface area contributed by atoms with E-state index in [2.05, 4.69) is 10.1 Å². The molecule has 4 heterocycles. The van der Waals surface area contributed by atoms with E-state index in [1.807, 2.05) is 19.9 Å². The zero-order chi connectivity index (χ0) is 21.4. The Hall–Kier alpha value is -3.17. The zero-order valence-corrected chi connectivity index (χ0v) is 17.3. The molecule has 0 N–H and O–H groups in total. The minimum absolute atomic E-state index is 0.00494. The van der Waals surface area contributed by atoms with E-state index in [1.165, 1.54) is 4.90 Å². The first-order chi connectivity index (χ1) is 14.4. The monoisotopic (exact) mass is 415 g/mol. The number of carbonyl (C=O) groups excluding carboxylic acids is 3. The van der Waals surface area contributed by atoms with Crippen molar-refractivity contribution in [2.75, 3.05) is 26.3 Å². The summed E-state index contributed by atoms with van der Waals surface area (Å²) in [6, 6.07) is 0.970. The first-order valence-electron chi connectivity index (χ1n) is 10.1. The van der Waals surface area contributed by atoms with Gasteiger partial charge < -0.3 is 14.4 Å². The van der Waals surface area contributed by atoms with E-state index in [-0.39, 0.29) is 25.2 Å². The molecule has 1 atom stereocenters. The number of amides is 2. The zero-order valence-electron chi connectivity index (χ0n) is 17.3. The van der Waals surface area contributed by atoms with Gasteiger partial charge in [0.15, 0.2) is 11.7 Å². The van der Waals surface area contributed by atoms with E-state index in [1.54, 1.807) is 22.5 Å². The van der Waals surface area contributed by atoms with Crippen LogP contribution < -0.4 is 0 Å². The Morgan fingerprint density at radius 3 is 2.70 bits per heavy atom. The second kappa shape index (κ2) is 7.92. The number of carbonyl (C=O) groups is 3. The Balaban J connectivity index is 1.45. The van der Waals surface area contributed by atoms with Gasteiger partial charge in [-0.3, -0.25) is 9.69 Å². The maximum Gasteiger partial charge on any atom is 0.410 e. The number of aryl methyl sites for hydroxylation is 2. The molecule has 0 spiro atoms. The maximum atomic E-state index is 13.1. The number of hydrogen-bond acceptors (Lipinski definition) is 7. The smallest absolute Gasteiger partial charge is 0.410 e. The van der Waals surface area contributed by atoms with Crippen molar-refractivity contribution in [1.29, 1.82) is 0 Å². The van der Waals surface area contributed by atoms with Crippen LogP contribution >= 0.6 is 0 Å². The third-order valence-electron chi connectivity index (χ3n) is 5.69. The minimum Gasteiger partial charge on any atom is -0.464 e. The van der Waals surface area contributed by atoms with Crippen LogP contribution in [0.1, 0.15) is 41.5 Å². The van der Waals surface area contributed by atoms with Crippen molar-refractivity contribution in [3.8, 4) is 0 Å². The molecular formula is C20H25N5O5. The van der Waals surface area contributed by atoms with Gasteiger partial charge >= 0.3 is 12.1 Å². The SMILES string of the molecule is CCOC(=O)C1COC(=O)N1C1CCN(C(=O)c2cnc3cc(C)nn3c2C)CC1. The molecule has 2 saturated heterocycles. The fourth-order valence-electron chi connectivity index (χ4n) is 4.15. The van der Waals surface area contributed by atoms with E-state index in [9.17, 15) is 14.4 Å². The summed E-state index contributed by atoms with van der Waals surface area (Å²) in [6.45, 7) is 6.65. The Bertz CT molecular complexity index is 995. The number of hydrogen-bond donors (Lipinski definition) is 0. The van der Waals surface area contributed by atoms with Crippen molar-refractivity contribution >= 4 is 23.6 Å². The molecule has 2 aliphatic rings. The quantitative estimate of drug-likeness (QED) is 0.694. The van der Waals surface area contributed by atoms with Gasteiger partial charge in [-0.25, -0.2) is 19.1 Å². The van der Waals surface area contributed by atoms with Gasteiger partial charge in [0.05, 0.1) is 23.6 Å². The van der Waals surface area contributed by atoms with Crippen LogP contribution in [0.25, 0.3) is 5.65 Å². The lowest BCUT2D eigenvalue weighted by atomic mass is 10.0. The molecule has 0 aliphatic carbocycles. The first kappa shape index (κ1) is 20.1. The molecule has 2 amide bonds. The molecule has 1 unspecified atom stereocenters. The van der Waals surface area contributed by atoms with Crippen LogP contribution in [0, 0.1) is 13.8 Å². The molecule has 2 fully saturated rings. The third-order valence-corrected chi connectivity index (χ3v) is 5.69. The van der Waals surface area contributed by atoms with Crippen molar-refractivity contribution in [3.63, 3.8) is 0 Å². The summed E-state index contributed by atoms with van der Waals surface area (Å²) in [5.74, 6) is -0.564. The molecular weight excluding hydrogens is 390 g/mol. The van der Waals surface area contributed by atoms with Crippen molar-refractivity contribution < 1.29 is 23.9 Å². The number of likely N-dealkylation sites (tertiary alicyclic amines) is 1. The lowest BCUT2D eigenvalue weighted by molar-refractivity contribution is -0.148. The number of fused-ring (bicyclic) bond motifs is 1. The molecule has 10 heteroatoms. The summed E-state index contributed by atoms with van der Waals surface area (Å²) in [7, 11) is 0. The molecule has 0 aromatic carbocycles. The number of rotatable bonds is 4. The van der Waals surface area contributed by atoms with E-state index < -0.39 is 18.1 Å². The van der Waals surface area contributed by atoms with Gasteiger partial charge in [0.25, 0.3) is 5.91 Å². The van der Waals surface area contributed by atoms with Crippen LogP contribution in [0.4, 0.5) is 4.79 Å². The van der Waals surface area contributed by atoms with Gasteiger partial charge in [-0.2, -0.15) is 5.10 Å². The first-order valence-corrected chi connectivity index (χ1v) is 10.1. The maximum absolute atomic E-state index is 13.1. The highest BCUT2D eigenvalue weighted by atomic mass is 16.6. The Kier molecular flexibility index (Phi) is 5.31. The van der Waals surface area contributed by atoms with Gasteiger partial charge in [-0.15, -0.1) is 0 Å². The second-order valence-electron chi connectivity index (χ2n) is 7.59. The Labute approximate surface area is 173 Å². The van der Waals surface area contributed by atoms with Crippen LogP contribution in [-0.4, -0.2) is 80.8 Å². The normalized spacial score (nSPS) is 20.0. The number of nitrogens with zero attached hydrogens (tertiary/aromatic N) is 5. The highest BCUT2D eigenvalue weighted by Crippen LogP contribution is 2.26. The summed E-state index contributed by atoms with van der Waals surface area (Å²) in [5.41, 5.74) is 2.79. The van der Waals surface area contributed by atoms with E-state index >= 15 is 0 Å². The predicted octanol–water partition coefficient (Wildman–Crippen LogP) is 1.33. The van der Waals surface area contributed by atoms with Gasteiger partial charge in [-0.05, 0) is 33.6 Å². The number of esters is 1. The summed E-state index contributed by atoms with van der Waals surface area (Å²) in [5, 5.41) is 4.40. The Morgan fingerprint density at radius 2 is 2.00 bits per heavy atom. The fourth-order valence-corrected chi connectivity index (χ4v) is 4.15. The molecule has 10 nitrogen and oxygen atoms in total. The van der Waals surface area contributed by atoms with Crippen LogP contribution in [0.3, 0.4) is 0 Å². The second-order valence-corrected chi connectivity index (χ2v) is 7.59. The van der Waals surface area contributed by atoms with Crippen molar-refractivity contribution in [2.24, 2.45) is 0 Å². The summed E-state index contributed by atoms with van der Waals surface area (Å²) < 4.78 is 11.8. The molecule has 0 saturated carbocycles. The molecule has 0 radical (unpaired) electrons. The van der Waals surface area contributed by atoms with Crippen molar-refractivity contribution in [3.05, 3.63) is 29.2 Å². The van der Waals surface area contributed by atoms with E-state index in [0.29, 0.717) is 37.1 Å². The van der Waals surface area contributed by atoms with Crippen LogP contribution in [0.2, 0.25) is 0 Å². The summed E-state index contributed by atoms with van der Waals surface area (Å²) in [6.07, 6.45) is 2.21. The number of piperidine rings is 1. The molecule has 30 heavy (non-hydrogen) atoms. The van der Waals surface area contributed by atoms with Crippen molar-refractivity contribution in [1.82, 2.24) is 24.4 Å². The molecule has 160 valence electrons. The van der Waals surface area contributed by atoms with E-state index in [0.717, 1.165) is 11.4 Å². The number of cyclic esters (lactones) is 1. The fraction of sp³-hybridized carbons (Fsp3) is 0.550. The van der Waals surface area contributed by atoms with Gasteiger partial charge in [-0.1, -0.05) is 0 Å². The molecule has 2 aromatic heterocycles. The Morgan fingerprint density at radius 1 is 1.27 bits per heavy atom. The van der Waals surface area contributed by atoms with Gasteiger partial charge in [0.1, 0.15) is 6.61 Å². The average Bonchev–Trinajstić information content (AvgIpc) is 3.31. The topological polar surface area (TPSA) is 106 Å². The largest absolute Gasteiger partial charge is 0.464 e. The van der Waals surface area contributed by atoms with Gasteiger partial charge in [0.2, 0.25) is 0 Å². The molecule has 0 bridgehead atoms. The van der Waals surface area contributed by atoms with Crippen LogP contribution in [0.15, 0.2) is 12.3 Å². The lowest BCUT2D eigenvalue weighted by Gasteiger charge is -2.37. The average molecular weight is 415 g/mol. The number of aromatic nitrogens is 3. The summed E-state index contributed by atoms with van der Waals surface area (Å²) >= 11 is 0. The van der Waals surface area contributed by atoms with Crippen molar-refractivity contribution in [2.45, 2.75) is 45.7 Å². The van der Waals surface area contributed by atoms with Gasteiger partial charge in [0, 0.05) is 31.4 Å². The standard InChI is InChI=1S/C20H25N5O5/c1-4-29-19(27)16-11-30-20(28)24(16)14-5-7-23(8-6-14)18(26)15-10-21-17-9-12(2)22-25(17)13(15)3/h9-10,14,16H,4-8,11H2,1-3H3. The molecule has 2 aliphatic heterocycles. The highest BCUT2D eigenvalue weighted by molar-refractivity contribution is 5.95. The minimum atomic E-state index is -0.721. The lowest BCUT2D eigenvalue weighted by Crippen LogP contribution is -2.52. The third kappa shape index (κ3) is 3.46. The predicted molar refractivity (Wildman–Crippen MR) is 105 cm³/mol. The van der Waals surface area contributed by atoms with Crippen LogP contribution in [-0.2, 0) is 14.3 Å². The number of ether oxygens (including phenoxy) is 2. The molecule has 4 rings (SSSR count).